The van der Waals surface area contributed by atoms with Crippen molar-refractivity contribution >= 4 is 90.0 Å². The molecule has 0 bridgehead atoms. The number of aryl methyl sites for hydroxylation is 2. The first-order chi connectivity index (χ1) is 26.2. The quantitative estimate of drug-likeness (QED) is 0.0931. The predicted molar refractivity (Wildman–Crippen MR) is 219 cm³/mol. The fourth-order valence-corrected chi connectivity index (χ4v) is 8.32. The van der Waals surface area contributed by atoms with Crippen LogP contribution in [0.3, 0.4) is 0 Å². The average molecular weight is 948 g/mol. The van der Waals surface area contributed by atoms with Crippen LogP contribution in [0.1, 0.15) is 72.8 Å². The zero-order valence-corrected chi connectivity index (χ0v) is 35.2. The second-order valence-corrected chi connectivity index (χ2v) is 16.5. The molecule has 2 aliphatic carbocycles. The fourth-order valence-electron chi connectivity index (χ4n) is 5.93. The summed E-state index contributed by atoms with van der Waals surface area (Å²) in [4.78, 5) is 21.6. The number of aliphatic carboxylic acids is 2. The van der Waals surface area contributed by atoms with E-state index >= 15 is 0 Å². The SMILES string of the molecule is Cc1cc(COc2c(Br)cc(CC(=O)O)cc2Br)c(F)c(NC2CCC2)c1.O=C(O)CCc1cc(Cl)c(OCc2cc(Cl)cc(NC3CCC3)c2F)c(Cl)c1. The molecule has 0 saturated heterocycles. The highest BCUT2D eigenvalue weighted by atomic mass is 79.9. The Morgan fingerprint density at radius 3 is 1.73 bits per heavy atom. The molecule has 6 rings (SSSR count). The number of carboxylic acid groups (broad SMARTS) is 2. The van der Waals surface area contributed by atoms with Gasteiger partial charge in [-0.3, -0.25) is 9.59 Å². The van der Waals surface area contributed by atoms with Crippen molar-refractivity contribution in [3.05, 3.63) is 112 Å². The predicted octanol–water partition coefficient (Wildman–Crippen LogP) is 12.2. The number of anilines is 2. The number of benzene rings is 4. The molecule has 0 spiro atoms. The van der Waals surface area contributed by atoms with Crippen LogP contribution in [0.4, 0.5) is 20.2 Å². The van der Waals surface area contributed by atoms with Gasteiger partial charge in [-0.1, -0.05) is 34.8 Å². The van der Waals surface area contributed by atoms with Crippen molar-refractivity contribution in [1.29, 1.82) is 0 Å². The van der Waals surface area contributed by atoms with Gasteiger partial charge in [-0.2, -0.15) is 0 Å². The van der Waals surface area contributed by atoms with Crippen molar-refractivity contribution in [2.45, 2.75) is 90.0 Å². The third kappa shape index (κ3) is 12.1. The van der Waals surface area contributed by atoms with Gasteiger partial charge in [0.25, 0.3) is 0 Å². The van der Waals surface area contributed by atoms with E-state index in [1.807, 2.05) is 13.0 Å². The highest BCUT2D eigenvalue weighted by molar-refractivity contribution is 9.11. The normalized spacial score (nSPS) is 13.9. The Kier molecular flexibility index (Phi) is 15.4. The van der Waals surface area contributed by atoms with E-state index in [2.05, 4.69) is 42.5 Å². The van der Waals surface area contributed by atoms with Gasteiger partial charge in [0.15, 0.2) is 17.4 Å². The number of ether oxygens (including phenoxy) is 2. The number of nitrogens with one attached hydrogen (secondary N) is 2. The van der Waals surface area contributed by atoms with Crippen molar-refractivity contribution in [2.75, 3.05) is 10.6 Å². The summed E-state index contributed by atoms with van der Waals surface area (Å²) in [5.41, 5.74) is 3.94. The summed E-state index contributed by atoms with van der Waals surface area (Å²) < 4.78 is 42.4. The van der Waals surface area contributed by atoms with Crippen LogP contribution in [-0.4, -0.2) is 34.2 Å². The number of rotatable bonds is 15. The Balaban J connectivity index is 0.000000211. The molecule has 4 aromatic rings. The first-order valence-electron chi connectivity index (χ1n) is 17.6. The second kappa shape index (κ2) is 19.7. The third-order valence-corrected chi connectivity index (χ3v) is 11.1. The molecule has 2 aliphatic rings. The minimum atomic E-state index is -0.907. The molecule has 15 heteroatoms. The lowest BCUT2D eigenvalue weighted by atomic mass is 9.92. The monoisotopic (exact) mass is 944 g/mol. The van der Waals surface area contributed by atoms with Gasteiger partial charge in [0.2, 0.25) is 0 Å². The first-order valence-corrected chi connectivity index (χ1v) is 20.3. The lowest BCUT2D eigenvalue weighted by molar-refractivity contribution is -0.137. The smallest absolute Gasteiger partial charge is 0.307 e. The highest BCUT2D eigenvalue weighted by Crippen LogP contribution is 2.38. The van der Waals surface area contributed by atoms with E-state index in [9.17, 15) is 18.4 Å². The molecule has 8 nitrogen and oxygen atoms in total. The van der Waals surface area contributed by atoms with Gasteiger partial charge in [0, 0.05) is 34.7 Å². The van der Waals surface area contributed by atoms with Gasteiger partial charge < -0.3 is 30.3 Å². The van der Waals surface area contributed by atoms with Crippen LogP contribution in [0, 0.1) is 18.6 Å². The zero-order chi connectivity index (χ0) is 39.8. The van der Waals surface area contributed by atoms with Crippen LogP contribution in [0.15, 0.2) is 57.5 Å². The fraction of sp³-hybridized carbons (Fsp3) is 0.350. The average Bonchev–Trinajstić information content (AvgIpc) is 3.06. The van der Waals surface area contributed by atoms with Crippen LogP contribution < -0.4 is 20.1 Å². The van der Waals surface area contributed by atoms with Crippen LogP contribution in [0.5, 0.6) is 11.5 Å². The molecule has 2 fully saturated rings. The van der Waals surface area contributed by atoms with Crippen molar-refractivity contribution in [1.82, 2.24) is 0 Å². The Hall–Kier alpha value is -3.29. The molecule has 0 unspecified atom stereocenters. The van der Waals surface area contributed by atoms with Crippen molar-refractivity contribution in [3.63, 3.8) is 0 Å². The molecule has 2 saturated carbocycles. The lowest BCUT2D eigenvalue weighted by Gasteiger charge is -2.28. The standard InChI is InChI=1S/C20H20Br2FNO3.C20H19Cl3FNO3/c1-11-5-13(19(23)17(6-11)24-14-3-2-4-14)10-27-20-15(21)7-12(8-16(20)22)9-18(25)26;21-13-8-12(19(24)17(9-13)25-14-2-1-3-14)10-28-20-15(22)6-11(7-16(20)23)4-5-18(26)27/h5-8,14,24H,2-4,9-10H2,1H3,(H,25,26);6-9,14,25H,1-5,10H2,(H,26,27). The number of hydrogen-bond donors (Lipinski definition) is 4. The minimum Gasteiger partial charge on any atom is -0.486 e. The minimum absolute atomic E-state index is 0.0304. The zero-order valence-electron chi connectivity index (χ0n) is 29.7. The third-order valence-electron chi connectivity index (χ3n) is 9.18. The van der Waals surface area contributed by atoms with E-state index in [4.69, 9.17) is 54.5 Å². The van der Waals surface area contributed by atoms with E-state index in [1.165, 1.54) is 12.5 Å². The van der Waals surface area contributed by atoms with Gasteiger partial charge in [0.05, 0.1) is 36.8 Å². The van der Waals surface area contributed by atoms with Crippen LogP contribution in [0.25, 0.3) is 0 Å². The lowest BCUT2D eigenvalue weighted by Crippen LogP contribution is -2.27. The molecular weight excluding hydrogens is 909 g/mol. The summed E-state index contributed by atoms with van der Waals surface area (Å²) >= 11 is 25.4. The summed E-state index contributed by atoms with van der Waals surface area (Å²) in [5.74, 6) is -1.79. The maximum Gasteiger partial charge on any atom is 0.307 e. The number of halogens is 7. The molecule has 4 N–H and O–H groups in total. The van der Waals surface area contributed by atoms with Gasteiger partial charge in [-0.05, 0) is 149 Å². The molecular formula is C40H39Br2Cl3F2N2O6. The largest absolute Gasteiger partial charge is 0.486 e. The van der Waals surface area contributed by atoms with Crippen LogP contribution in [-0.2, 0) is 35.6 Å². The molecule has 0 radical (unpaired) electrons. The van der Waals surface area contributed by atoms with E-state index in [1.54, 1.807) is 36.4 Å². The first kappa shape index (κ1) is 42.8. The summed E-state index contributed by atoms with van der Waals surface area (Å²) in [6.45, 7) is 1.91. The van der Waals surface area contributed by atoms with Gasteiger partial charge >= 0.3 is 11.9 Å². The molecule has 55 heavy (non-hydrogen) atoms. The molecule has 0 amide bonds. The second-order valence-electron chi connectivity index (χ2n) is 13.6. The van der Waals surface area contributed by atoms with E-state index in [0.29, 0.717) is 60.2 Å². The summed E-state index contributed by atoms with van der Waals surface area (Å²) in [6.07, 6.45) is 6.67. The Morgan fingerprint density at radius 2 is 1.24 bits per heavy atom. The van der Waals surface area contributed by atoms with Gasteiger partial charge in [-0.15, -0.1) is 0 Å². The maximum absolute atomic E-state index is 14.9. The Labute approximate surface area is 350 Å². The molecule has 4 aromatic carbocycles. The molecule has 294 valence electrons. The number of hydrogen-bond acceptors (Lipinski definition) is 6. The topological polar surface area (TPSA) is 117 Å². The molecule has 0 aliphatic heterocycles. The van der Waals surface area contributed by atoms with E-state index in [-0.39, 0.29) is 59.3 Å². The maximum atomic E-state index is 14.9. The van der Waals surface area contributed by atoms with Gasteiger partial charge in [-0.25, -0.2) is 8.78 Å². The molecule has 0 aromatic heterocycles. The molecule has 0 heterocycles. The summed E-state index contributed by atoms with van der Waals surface area (Å²) in [6, 6.07) is 13.9. The van der Waals surface area contributed by atoms with E-state index in [0.717, 1.165) is 37.7 Å². The number of carboxylic acids is 2. The van der Waals surface area contributed by atoms with E-state index < -0.39 is 17.8 Å². The summed E-state index contributed by atoms with van der Waals surface area (Å²) in [5, 5.41) is 25.0. The van der Waals surface area contributed by atoms with Gasteiger partial charge in [0.1, 0.15) is 19.0 Å². The van der Waals surface area contributed by atoms with Crippen LogP contribution in [0.2, 0.25) is 15.1 Å². The van der Waals surface area contributed by atoms with Crippen molar-refractivity contribution in [2.24, 2.45) is 0 Å². The Morgan fingerprint density at radius 1 is 0.727 bits per heavy atom. The van der Waals surface area contributed by atoms with Crippen LogP contribution >= 0.6 is 66.7 Å². The highest BCUT2D eigenvalue weighted by Gasteiger charge is 2.22. The molecule has 0 atom stereocenters. The van der Waals surface area contributed by atoms with Crippen molar-refractivity contribution in [3.8, 4) is 11.5 Å². The number of carbonyl (C=O) groups is 2. The summed E-state index contributed by atoms with van der Waals surface area (Å²) in [7, 11) is 0. The Bertz CT molecular complexity index is 2000. The van der Waals surface area contributed by atoms with Crippen molar-refractivity contribution < 1.29 is 38.1 Å².